The van der Waals surface area contributed by atoms with Crippen LogP contribution in [0.4, 0.5) is 5.69 Å². The zero-order valence-corrected chi connectivity index (χ0v) is 11.2. The van der Waals surface area contributed by atoms with Gasteiger partial charge in [-0.15, -0.1) is 0 Å². The van der Waals surface area contributed by atoms with Crippen LogP contribution in [0.25, 0.3) is 0 Å². The van der Waals surface area contributed by atoms with Crippen molar-refractivity contribution in [3.63, 3.8) is 0 Å². The van der Waals surface area contributed by atoms with E-state index in [2.05, 4.69) is 15.9 Å². The second kappa shape index (κ2) is 5.18. The highest BCUT2D eigenvalue weighted by Crippen LogP contribution is 2.28. The van der Waals surface area contributed by atoms with Crippen LogP contribution in [0.3, 0.4) is 0 Å². The Morgan fingerprint density at radius 2 is 1.83 bits per heavy atom. The molecule has 0 bridgehead atoms. The maximum absolute atomic E-state index is 10.6. The van der Waals surface area contributed by atoms with Crippen molar-refractivity contribution in [2.24, 2.45) is 0 Å². The van der Waals surface area contributed by atoms with Gasteiger partial charge in [0.05, 0.1) is 4.92 Å². The molecule has 2 aromatic rings. The maximum atomic E-state index is 10.6. The van der Waals surface area contributed by atoms with E-state index in [0.717, 1.165) is 10.0 Å². The summed E-state index contributed by atoms with van der Waals surface area (Å²) < 4.78 is 6.62. The molecule has 0 heterocycles. The van der Waals surface area contributed by atoms with Gasteiger partial charge in [-0.25, -0.2) is 0 Å². The lowest BCUT2D eigenvalue weighted by Crippen LogP contribution is -1.91. The first-order valence-corrected chi connectivity index (χ1v) is 6.04. The van der Waals surface area contributed by atoms with E-state index in [1.54, 1.807) is 13.0 Å². The predicted octanol–water partition coefficient (Wildman–Crippen LogP) is 4.46. The largest absolute Gasteiger partial charge is 0.457 e. The van der Waals surface area contributed by atoms with Crippen LogP contribution in [0, 0.1) is 17.0 Å². The lowest BCUT2D eigenvalue weighted by molar-refractivity contribution is -0.384. The first kappa shape index (κ1) is 12.6. The van der Waals surface area contributed by atoms with E-state index in [1.807, 2.05) is 24.3 Å². The number of nitrogens with zero attached hydrogens (tertiary/aromatic N) is 1. The van der Waals surface area contributed by atoms with Gasteiger partial charge in [-0.2, -0.15) is 0 Å². The molecule has 2 rings (SSSR count). The van der Waals surface area contributed by atoms with E-state index in [-0.39, 0.29) is 5.69 Å². The number of rotatable bonds is 3. The average Bonchev–Trinajstić information content (AvgIpc) is 2.34. The van der Waals surface area contributed by atoms with Crippen molar-refractivity contribution >= 4 is 21.6 Å². The number of nitro benzene ring substituents is 1. The Bertz CT molecular complexity index is 581. The monoisotopic (exact) mass is 307 g/mol. The Hall–Kier alpha value is -1.88. The van der Waals surface area contributed by atoms with Crippen LogP contribution in [0.15, 0.2) is 46.9 Å². The number of ether oxygens (including phenoxy) is 1. The number of nitro groups is 1. The minimum Gasteiger partial charge on any atom is -0.457 e. The van der Waals surface area contributed by atoms with Crippen LogP contribution in [0.1, 0.15) is 5.56 Å². The molecule has 0 atom stereocenters. The van der Waals surface area contributed by atoms with E-state index in [0.29, 0.717) is 11.5 Å². The fourth-order valence-electron chi connectivity index (χ4n) is 1.49. The molecule has 0 radical (unpaired) electrons. The Morgan fingerprint density at radius 1 is 1.17 bits per heavy atom. The van der Waals surface area contributed by atoms with Crippen LogP contribution < -0.4 is 4.74 Å². The normalized spacial score (nSPS) is 10.1. The number of benzene rings is 2. The van der Waals surface area contributed by atoms with Crippen molar-refractivity contribution < 1.29 is 9.66 Å². The fraction of sp³-hybridized carbons (Fsp3) is 0.0769. The van der Waals surface area contributed by atoms with Gasteiger partial charge < -0.3 is 4.74 Å². The van der Waals surface area contributed by atoms with Crippen molar-refractivity contribution in [3.8, 4) is 11.5 Å². The highest BCUT2D eigenvalue weighted by Gasteiger charge is 2.09. The summed E-state index contributed by atoms with van der Waals surface area (Å²) in [7, 11) is 0. The molecule has 4 nitrogen and oxygen atoms in total. The topological polar surface area (TPSA) is 52.4 Å². The number of non-ortho nitro benzene ring substituents is 1. The van der Waals surface area contributed by atoms with E-state index < -0.39 is 4.92 Å². The third-order valence-electron chi connectivity index (χ3n) is 2.41. The van der Waals surface area contributed by atoms with Crippen LogP contribution in [-0.4, -0.2) is 4.92 Å². The highest BCUT2D eigenvalue weighted by molar-refractivity contribution is 9.10. The van der Waals surface area contributed by atoms with Gasteiger partial charge in [0.25, 0.3) is 5.69 Å². The van der Waals surface area contributed by atoms with Gasteiger partial charge >= 0.3 is 0 Å². The molecule has 0 fully saturated rings. The lowest BCUT2D eigenvalue weighted by atomic mass is 10.2. The zero-order chi connectivity index (χ0) is 13.1. The smallest absolute Gasteiger partial charge is 0.269 e. The quantitative estimate of drug-likeness (QED) is 0.621. The zero-order valence-electron chi connectivity index (χ0n) is 9.59. The first-order valence-electron chi connectivity index (χ1n) is 5.25. The first-order chi connectivity index (χ1) is 8.56. The summed E-state index contributed by atoms with van der Waals surface area (Å²) in [6.07, 6.45) is 0. The van der Waals surface area contributed by atoms with Gasteiger partial charge in [-0.1, -0.05) is 15.9 Å². The van der Waals surface area contributed by atoms with Gasteiger partial charge in [-0.05, 0) is 42.8 Å². The van der Waals surface area contributed by atoms with Gasteiger partial charge in [0.15, 0.2) is 0 Å². The SMILES string of the molecule is Cc1cc([N+](=O)[O-])ccc1Oc1ccc(Br)cc1. The van der Waals surface area contributed by atoms with Crippen LogP contribution >= 0.6 is 15.9 Å². The summed E-state index contributed by atoms with van der Waals surface area (Å²) in [6, 6.07) is 11.9. The maximum Gasteiger partial charge on any atom is 0.269 e. The standard InChI is InChI=1S/C13H10BrNO3/c1-9-8-11(15(16)17)4-7-13(9)18-12-5-2-10(14)3-6-12/h2-8H,1H3. The summed E-state index contributed by atoms with van der Waals surface area (Å²) in [5.74, 6) is 1.30. The van der Waals surface area contributed by atoms with Crippen LogP contribution in [0.2, 0.25) is 0 Å². The van der Waals surface area contributed by atoms with Crippen molar-refractivity contribution in [1.82, 2.24) is 0 Å². The van der Waals surface area contributed by atoms with Crippen molar-refractivity contribution in [2.75, 3.05) is 0 Å². The molecule has 0 aliphatic carbocycles. The fourth-order valence-corrected chi connectivity index (χ4v) is 1.76. The van der Waals surface area contributed by atoms with E-state index in [9.17, 15) is 10.1 Å². The van der Waals surface area contributed by atoms with Crippen molar-refractivity contribution in [2.45, 2.75) is 6.92 Å². The van der Waals surface area contributed by atoms with Crippen LogP contribution in [0.5, 0.6) is 11.5 Å². The number of aryl methyl sites for hydroxylation is 1. The second-order valence-corrected chi connectivity index (χ2v) is 4.68. The Morgan fingerprint density at radius 3 is 2.39 bits per heavy atom. The van der Waals surface area contributed by atoms with Gasteiger partial charge in [-0.3, -0.25) is 10.1 Å². The van der Waals surface area contributed by atoms with Gasteiger partial charge in [0, 0.05) is 16.6 Å². The van der Waals surface area contributed by atoms with E-state index in [4.69, 9.17) is 4.74 Å². The number of halogens is 1. The summed E-state index contributed by atoms with van der Waals surface area (Å²) in [5.41, 5.74) is 0.794. The molecular weight excluding hydrogens is 298 g/mol. The van der Waals surface area contributed by atoms with Gasteiger partial charge in [0.2, 0.25) is 0 Å². The van der Waals surface area contributed by atoms with Crippen LogP contribution in [-0.2, 0) is 0 Å². The van der Waals surface area contributed by atoms with Gasteiger partial charge in [0.1, 0.15) is 11.5 Å². The minimum atomic E-state index is -0.420. The molecule has 0 aromatic heterocycles. The summed E-state index contributed by atoms with van der Waals surface area (Å²) in [6.45, 7) is 1.78. The molecule has 0 saturated heterocycles. The van der Waals surface area contributed by atoms with E-state index in [1.165, 1.54) is 12.1 Å². The Labute approximate surface area is 112 Å². The molecule has 0 saturated carbocycles. The Kier molecular flexibility index (Phi) is 3.62. The van der Waals surface area contributed by atoms with Crippen molar-refractivity contribution in [1.29, 1.82) is 0 Å². The molecule has 5 heteroatoms. The second-order valence-electron chi connectivity index (χ2n) is 3.76. The third-order valence-corrected chi connectivity index (χ3v) is 2.94. The molecule has 0 aliphatic heterocycles. The molecule has 0 spiro atoms. The molecule has 0 N–H and O–H groups in total. The number of hydrogen-bond acceptors (Lipinski definition) is 3. The third kappa shape index (κ3) is 2.87. The summed E-state index contributed by atoms with van der Waals surface area (Å²) in [4.78, 5) is 10.2. The molecule has 0 unspecified atom stereocenters. The summed E-state index contributed by atoms with van der Waals surface area (Å²) in [5, 5.41) is 10.6. The molecule has 92 valence electrons. The molecule has 2 aromatic carbocycles. The molecule has 18 heavy (non-hydrogen) atoms. The molecular formula is C13H10BrNO3. The number of hydrogen-bond donors (Lipinski definition) is 0. The Balaban J connectivity index is 2.24. The molecule has 0 amide bonds. The minimum absolute atomic E-state index is 0.0654. The molecule has 0 aliphatic rings. The lowest BCUT2D eigenvalue weighted by Gasteiger charge is -2.08. The summed E-state index contributed by atoms with van der Waals surface area (Å²) >= 11 is 3.34. The predicted molar refractivity (Wildman–Crippen MR) is 72.0 cm³/mol. The van der Waals surface area contributed by atoms with Crippen molar-refractivity contribution in [3.05, 3.63) is 62.6 Å². The van der Waals surface area contributed by atoms with E-state index >= 15 is 0 Å². The average molecular weight is 308 g/mol. The highest BCUT2D eigenvalue weighted by atomic mass is 79.9.